The highest BCUT2D eigenvalue weighted by atomic mass is 16.3. The van der Waals surface area contributed by atoms with Gasteiger partial charge in [0.1, 0.15) is 0 Å². The molecular formula is C9H18N2O. The second-order valence-corrected chi connectivity index (χ2v) is 4.11. The number of hydrogen-bond donors (Lipinski definition) is 2. The third kappa shape index (κ3) is 1.08. The third-order valence-corrected chi connectivity index (χ3v) is 3.65. The SMILES string of the molecule is CNC1(CO)CN2CCC1CC2. The fourth-order valence-electron chi connectivity index (χ4n) is 2.71. The minimum atomic E-state index is 0.0104. The molecule has 0 saturated carbocycles. The maximum absolute atomic E-state index is 9.37. The molecule has 1 unspecified atom stereocenters. The second-order valence-electron chi connectivity index (χ2n) is 4.11. The summed E-state index contributed by atoms with van der Waals surface area (Å²) >= 11 is 0. The zero-order valence-corrected chi connectivity index (χ0v) is 7.71. The Labute approximate surface area is 73.8 Å². The minimum Gasteiger partial charge on any atom is -0.394 e. The van der Waals surface area contributed by atoms with Crippen LogP contribution >= 0.6 is 0 Å². The first kappa shape index (κ1) is 8.48. The van der Waals surface area contributed by atoms with Gasteiger partial charge in [-0.15, -0.1) is 0 Å². The first-order valence-corrected chi connectivity index (χ1v) is 4.83. The molecule has 0 spiro atoms. The maximum Gasteiger partial charge on any atom is 0.0628 e. The summed E-state index contributed by atoms with van der Waals surface area (Å²) in [5.74, 6) is 0.692. The number of aliphatic hydroxyl groups is 1. The van der Waals surface area contributed by atoms with Gasteiger partial charge in [-0.1, -0.05) is 0 Å². The van der Waals surface area contributed by atoms with Crippen LogP contribution in [0.1, 0.15) is 12.8 Å². The first-order valence-electron chi connectivity index (χ1n) is 4.83. The van der Waals surface area contributed by atoms with E-state index >= 15 is 0 Å². The number of nitrogens with one attached hydrogen (secondary N) is 1. The number of rotatable bonds is 2. The van der Waals surface area contributed by atoms with Crippen molar-refractivity contribution in [2.24, 2.45) is 5.92 Å². The first-order chi connectivity index (χ1) is 5.80. The van der Waals surface area contributed by atoms with Crippen molar-refractivity contribution < 1.29 is 5.11 Å². The lowest BCUT2D eigenvalue weighted by molar-refractivity contribution is -0.0210. The summed E-state index contributed by atoms with van der Waals surface area (Å²) in [6, 6.07) is 0. The zero-order valence-electron chi connectivity index (χ0n) is 7.71. The molecule has 3 aliphatic rings. The highest BCUT2D eigenvalue weighted by Gasteiger charge is 2.45. The highest BCUT2D eigenvalue weighted by molar-refractivity contribution is 5.02. The van der Waals surface area contributed by atoms with Gasteiger partial charge >= 0.3 is 0 Å². The topological polar surface area (TPSA) is 35.5 Å². The van der Waals surface area contributed by atoms with E-state index < -0.39 is 0 Å². The Morgan fingerprint density at radius 1 is 1.50 bits per heavy atom. The van der Waals surface area contributed by atoms with Gasteiger partial charge in [0.25, 0.3) is 0 Å². The van der Waals surface area contributed by atoms with E-state index in [1.165, 1.54) is 25.9 Å². The van der Waals surface area contributed by atoms with Gasteiger partial charge in [-0.05, 0) is 38.9 Å². The molecule has 2 bridgehead atoms. The Balaban J connectivity index is 2.15. The normalized spacial score (nSPS) is 46.5. The molecule has 0 aromatic heterocycles. The van der Waals surface area contributed by atoms with E-state index in [0.29, 0.717) is 5.92 Å². The van der Waals surface area contributed by atoms with Gasteiger partial charge in [-0.3, -0.25) is 0 Å². The van der Waals surface area contributed by atoms with Crippen LogP contribution in [0.15, 0.2) is 0 Å². The predicted molar refractivity (Wildman–Crippen MR) is 48.0 cm³/mol. The predicted octanol–water partition coefficient (Wildman–Crippen LogP) is -0.338. The number of aliphatic hydroxyl groups excluding tert-OH is 1. The van der Waals surface area contributed by atoms with Crippen LogP contribution in [0, 0.1) is 5.92 Å². The molecule has 0 amide bonds. The van der Waals surface area contributed by atoms with Crippen molar-refractivity contribution in [3.05, 3.63) is 0 Å². The molecule has 3 aliphatic heterocycles. The quantitative estimate of drug-likeness (QED) is 0.595. The summed E-state index contributed by atoms with van der Waals surface area (Å²) < 4.78 is 0. The number of piperidine rings is 3. The molecule has 0 radical (unpaired) electrons. The lowest BCUT2D eigenvalue weighted by Gasteiger charge is -2.52. The maximum atomic E-state index is 9.37. The van der Waals surface area contributed by atoms with Crippen LogP contribution in [-0.4, -0.2) is 48.8 Å². The van der Waals surface area contributed by atoms with Gasteiger partial charge < -0.3 is 15.3 Å². The summed E-state index contributed by atoms with van der Waals surface area (Å²) in [6.07, 6.45) is 2.50. The number of fused-ring (bicyclic) bond motifs is 3. The molecule has 3 saturated heterocycles. The Bertz CT molecular complexity index is 160. The van der Waals surface area contributed by atoms with E-state index in [-0.39, 0.29) is 12.1 Å². The van der Waals surface area contributed by atoms with Crippen LogP contribution in [0.5, 0.6) is 0 Å². The Hall–Kier alpha value is -0.120. The lowest BCUT2D eigenvalue weighted by Crippen LogP contribution is -2.66. The van der Waals surface area contributed by atoms with Gasteiger partial charge in [0.05, 0.1) is 12.1 Å². The molecule has 1 atom stereocenters. The molecule has 3 heteroatoms. The standard InChI is InChI=1S/C9H18N2O/c1-10-9(7-12)6-11-4-2-8(9)3-5-11/h8,10,12H,2-7H2,1H3. The van der Waals surface area contributed by atoms with Crippen LogP contribution in [-0.2, 0) is 0 Å². The number of hydrogen-bond acceptors (Lipinski definition) is 3. The molecule has 2 N–H and O–H groups in total. The Morgan fingerprint density at radius 2 is 2.17 bits per heavy atom. The van der Waals surface area contributed by atoms with Crippen LogP contribution < -0.4 is 5.32 Å². The van der Waals surface area contributed by atoms with E-state index in [4.69, 9.17) is 0 Å². The summed E-state index contributed by atoms with van der Waals surface area (Å²) in [7, 11) is 1.97. The molecule has 3 nitrogen and oxygen atoms in total. The Morgan fingerprint density at radius 3 is 2.42 bits per heavy atom. The van der Waals surface area contributed by atoms with E-state index in [0.717, 1.165) is 6.54 Å². The van der Waals surface area contributed by atoms with E-state index in [2.05, 4.69) is 10.2 Å². The molecule has 12 heavy (non-hydrogen) atoms. The van der Waals surface area contributed by atoms with Crippen molar-refractivity contribution in [2.75, 3.05) is 33.3 Å². The van der Waals surface area contributed by atoms with Crippen LogP contribution in [0.4, 0.5) is 0 Å². The van der Waals surface area contributed by atoms with E-state index in [1.54, 1.807) is 0 Å². The van der Waals surface area contributed by atoms with Crippen molar-refractivity contribution in [1.82, 2.24) is 10.2 Å². The van der Waals surface area contributed by atoms with Crippen molar-refractivity contribution >= 4 is 0 Å². The van der Waals surface area contributed by atoms with Crippen LogP contribution in [0.3, 0.4) is 0 Å². The van der Waals surface area contributed by atoms with Crippen molar-refractivity contribution in [2.45, 2.75) is 18.4 Å². The summed E-state index contributed by atoms with van der Waals surface area (Å²) in [5, 5.41) is 12.7. The third-order valence-electron chi connectivity index (χ3n) is 3.65. The van der Waals surface area contributed by atoms with Crippen LogP contribution in [0.2, 0.25) is 0 Å². The van der Waals surface area contributed by atoms with Crippen molar-refractivity contribution in [3.63, 3.8) is 0 Å². The van der Waals surface area contributed by atoms with Gasteiger partial charge in [-0.25, -0.2) is 0 Å². The molecule has 70 valence electrons. The van der Waals surface area contributed by atoms with Crippen molar-refractivity contribution in [3.8, 4) is 0 Å². The monoisotopic (exact) mass is 170 g/mol. The van der Waals surface area contributed by atoms with Gasteiger partial charge in [0.15, 0.2) is 0 Å². The molecule has 0 aromatic carbocycles. The zero-order chi connectivity index (χ0) is 8.60. The fourth-order valence-corrected chi connectivity index (χ4v) is 2.71. The fraction of sp³-hybridized carbons (Fsp3) is 1.00. The van der Waals surface area contributed by atoms with Crippen LogP contribution in [0.25, 0.3) is 0 Å². The molecular weight excluding hydrogens is 152 g/mol. The molecule has 3 fully saturated rings. The smallest absolute Gasteiger partial charge is 0.0628 e. The summed E-state index contributed by atoms with van der Waals surface area (Å²) in [6.45, 7) is 3.78. The largest absolute Gasteiger partial charge is 0.394 e. The lowest BCUT2D eigenvalue weighted by atomic mass is 9.73. The van der Waals surface area contributed by atoms with Gasteiger partial charge in [0.2, 0.25) is 0 Å². The molecule has 3 heterocycles. The second kappa shape index (κ2) is 2.98. The highest BCUT2D eigenvalue weighted by Crippen LogP contribution is 2.34. The average molecular weight is 170 g/mol. The van der Waals surface area contributed by atoms with E-state index in [1.807, 2.05) is 7.05 Å². The molecule has 0 aromatic rings. The average Bonchev–Trinajstić information content (AvgIpc) is 2.19. The van der Waals surface area contributed by atoms with Crippen molar-refractivity contribution in [1.29, 1.82) is 0 Å². The minimum absolute atomic E-state index is 0.0104. The summed E-state index contributed by atoms with van der Waals surface area (Å²) in [5.41, 5.74) is 0.0104. The Kier molecular flexibility index (Phi) is 2.10. The van der Waals surface area contributed by atoms with Gasteiger partial charge in [-0.2, -0.15) is 0 Å². The molecule has 0 aliphatic carbocycles. The van der Waals surface area contributed by atoms with E-state index in [9.17, 15) is 5.11 Å². The molecule has 3 rings (SSSR count). The van der Waals surface area contributed by atoms with Gasteiger partial charge in [0, 0.05) is 6.54 Å². The number of nitrogens with zero attached hydrogens (tertiary/aromatic N) is 1. The number of likely N-dealkylation sites (N-methyl/N-ethyl adjacent to an activating group) is 1. The summed E-state index contributed by atoms with van der Waals surface area (Å²) in [4.78, 5) is 2.45.